The molecule has 0 aliphatic heterocycles. The maximum atomic E-state index is 8.54. The fraction of sp³-hybridized carbons (Fsp3) is 0.125. The lowest BCUT2D eigenvalue weighted by molar-refractivity contribution is 0.388. The van der Waals surface area contributed by atoms with Crippen LogP contribution in [-0.2, 0) is 0 Å². The quantitative estimate of drug-likeness (QED) is 0.690. The van der Waals surface area contributed by atoms with Gasteiger partial charge in [-0.25, -0.2) is 0 Å². The van der Waals surface area contributed by atoms with Gasteiger partial charge in [-0.1, -0.05) is 23.2 Å². The molecule has 2 nitrogen and oxygen atoms in total. The Labute approximate surface area is 80.3 Å². The highest BCUT2D eigenvalue weighted by Gasteiger charge is 2.00. The molecule has 0 aromatic heterocycles. The van der Waals surface area contributed by atoms with Crippen molar-refractivity contribution in [1.29, 1.82) is 5.26 Å². The van der Waals surface area contributed by atoms with Gasteiger partial charge in [0.05, 0.1) is 10.6 Å². The molecule has 0 aliphatic carbocycles. The van der Waals surface area contributed by atoms with Gasteiger partial charge in [-0.05, 0) is 12.1 Å². The maximum absolute atomic E-state index is 8.54. The van der Waals surface area contributed by atoms with Crippen LogP contribution in [0.1, 0.15) is 5.56 Å². The monoisotopic (exact) mass is 201 g/mol. The maximum Gasteiger partial charge on any atom is 0.162 e. The molecule has 0 radical (unpaired) electrons. The van der Waals surface area contributed by atoms with Crippen LogP contribution in [0.4, 0.5) is 0 Å². The Morgan fingerprint density at radius 2 is 2.25 bits per heavy atom. The second kappa shape index (κ2) is 4.20. The Balaban J connectivity index is 2.96. The summed E-state index contributed by atoms with van der Waals surface area (Å²) in [5.74, 6) is 0.564. The molecule has 0 bridgehead atoms. The van der Waals surface area contributed by atoms with Gasteiger partial charge in [-0.2, -0.15) is 5.26 Å². The lowest BCUT2D eigenvalue weighted by Gasteiger charge is -2.01. The minimum absolute atomic E-state index is 0.0717. The van der Waals surface area contributed by atoms with Crippen molar-refractivity contribution in [2.24, 2.45) is 0 Å². The third-order valence-corrected chi connectivity index (χ3v) is 1.70. The minimum atomic E-state index is 0.0717. The molecule has 0 spiro atoms. The summed E-state index contributed by atoms with van der Waals surface area (Å²) in [6.07, 6.45) is 0. The zero-order valence-corrected chi connectivity index (χ0v) is 7.56. The average Bonchev–Trinajstić information content (AvgIpc) is 2.05. The van der Waals surface area contributed by atoms with Crippen molar-refractivity contribution in [2.75, 3.05) is 6.07 Å². The molecule has 0 aliphatic rings. The standard InChI is InChI=1S/C8H5Cl2NO/c9-5-12-7-2-1-6(4-11)8(10)3-7/h1-3H,5H2. The third kappa shape index (κ3) is 2.04. The lowest BCUT2D eigenvalue weighted by Crippen LogP contribution is -1.89. The number of halogens is 2. The van der Waals surface area contributed by atoms with Gasteiger partial charge in [-0.15, -0.1) is 0 Å². The van der Waals surface area contributed by atoms with E-state index in [2.05, 4.69) is 0 Å². The predicted molar refractivity (Wildman–Crippen MR) is 47.5 cm³/mol. The molecule has 4 heteroatoms. The number of alkyl halides is 1. The molecule has 0 N–H and O–H groups in total. The SMILES string of the molecule is N#Cc1ccc(OCCl)cc1Cl. The minimum Gasteiger partial charge on any atom is -0.478 e. The molecule has 0 saturated heterocycles. The Morgan fingerprint density at radius 1 is 1.50 bits per heavy atom. The smallest absolute Gasteiger partial charge is 0.162 e. The zero-order valence-electron chi connectivity index (χ0n) is 6.05. The largest absolute Gasteiger partial charge is 0.478 e. The first kappa shape index (κ1) is 9.18. The van der Waals surface area contributed by atoms with Crippen LogP contribution in [-0.4, -0.2) is 6.07 Å². The molecule has 0 fully saturated rings. The summed E-state index contributed by atoms with van der Waals surface area (Å²) in [6.45, 7) is 0. The lowest BCUT2D eigenvalue weighted by atomic mass is 10.2. The molecule has 12 heavy (non-hydrogen) atoms. The van der Waals surface area contributed by atoms with E-state index in [9.17, 15) is 0 Å². The number of nitriles is 1. The van der Waals surface area contributed by atoms with Crippen LogP contribution in [0.5, 0.6) is 5.75 Å². The van der Waals surface area contributed by atoms with E-state index in [1.807, 2.05) is 6.07 Å². The van der Waals surface area contributed by atoms with E-state index in [0.29, 0.717) is 16.3 Å². The Hall–Kier alpha value is -0.910. The van der Waals surface area contributed by atoms with E-state index in [1.165, 1.54) is 0 Å². The van der Waals surface area contributed by atoms with Gasteiger partial charge in [0, 0.05) is 6.07 Å². The number of hydrogen-bond acceptors (Lipinski definition) is 2. The Bertz CT molecular complexity index is 319. The summed E-state index contributed by atoms with van der Waals surface area (Å²) in [6, 6.07) is 6.81. The van der Waals surface area contributed by atoms with Crippen molar-refractivity contribution >= 4 is 23.2 Å². The van der Waals surface area contributed by atoms with Crippen molar-refractivity contribution in [2.45, 2.75) is 0 Å². The third-order valence-electron chi connectivity index (χ3n) is 1.28. The van der Waals surface area contributed by atoms with E-state index < -0.39 is 0 Å². The first-order chi connectivity index (χ1) is 5.77. The number of hydrogen-bond donors (Lipinski definition) is 0. The summed E-state index contributed by atoms with van der Waals surface area (Å²) in [7, 11) is 0. The van der Waals surface area contributed by atoms with E-state index in [1.54, 1.807) is 18.2 Å². The first-order valence-corrected chi connectivity index (χ1v) is 4.07. The van der Waals surface area contributed by atoms with Crippen molar-refractivity contribution in [1.82, 2.24) is 0 Å². The highest BCUT2D eigenvalue weighted by atomic mass is 35.5. The van der Waals surface area contributed by atoms with Crippen molar-refractivity contribution in [3.63, 3.8) is 0 Å². The fourth-order valence-electron chi connectivity index (χ4n) is 0.739. The molecule has 1 aromatic rings. The van der Waals surface area contributed by atoms with E-state index in [-0.39, 0.29) is 6.07 Å². The normalized spacial score (nSPS) is 9.08. The van der Waals surface area contributed by atoms with Crippen LogP contribution in [0.15, 0.2) is 18.2 Å². The zero-order chi connectivity index (χ0) is 8.97. The Kier molecular flexibility index (Phi) is 3.21. The van der Waals surface area contributed by atoms with Gasteiger partial charge in [0.1, 0.15) is 11.8 Å². The fourth-order valence-corrected chi connectivity index (χ4v) is 1.08. The molecule has 0 unspecified atom stereocenters. The molecule has 0 atom stereocenters. The molecule has 62 valence electrons. The number of ether oxygens (including phenoxy) is 1. The van der Waals surface area contributed by atoms with Crippen molar-refractivity contribution in [3.8, 4) is 11.8 Å². The van der Waals surface area contributed by atoms with Gasteiger partial charge in [0.15, 0.2) is 6.07 Å². The summed E-state index contributed by atoms with van der Waals surface area (Å²) in [4.78, 5) is 0. The summed E-state index contributed by atoms with van der Waals surface area (Å²) < 4.78 is 4.96. The molecule has 0 amide bonds. The molecule has 1 aromatic carbocycles. The summed E-state index contributed by atoms with van der Waals surface area (Å²) in [5, 5.41) is 8.91. The van der Waals surface area contributed by atoms with Gasteiger partial charge in [0.25, 0.3) is 0 Å². The van der Waals surface area contributed by atoms with Crippen LogP contribution >= 0.6 is 23.2 Å². The summed E-state index contributed by atoms with van der Waals surface area (Å²) >= 11 is 11.1. The first-order valence-electron chi connectivity index (χ1n) is 3.16. The van der Waals surface area contributed by atoms with Crippen LogP contribution in [0.2, 0.25) is 5.02 Å². The molecule has 0 heterocycles. The van der Waals surface area contributed by atoms with E-state index in [0.717, 1.165) is 0 Å². The van der Waals surface area contributed by atoms with Gasteiger partial charge in [-0.3, -0.25) is 0 Å². The van der Waals surface area contributed by atoms with Gasteiger partial charge in [0.2, 0.25) is 0 Å². The topological polar surface area (TPSA) is 33.0 Å². The average molecular weight is 202 g/mol. The van der Waals surface area contributed by atoms with E-state index in [4.69, 9.17) is 33.2 Å². The van der Waals surface area contributed by atoms with Crippen LogP contribution in [0.25, 0.3) is 0 Å². The number of nitrogens with zero attached hydrogens (tertiary/aromatic N) is 1. The van der Waals surface area contributed by atoms with Crippen LogP contribution < -0.4 is 4.74 Å². The molecular formula is C8H5Cl2NO. The van der Waals surface area contributed by atoms with Gasteiger partial charge >= 0.3 is 0 Å². The van der Waals surface area contributed by atoms with Crippen LogP contribution in [0, 0.1) is 11.3 Å². The molecular weight excluding hydrogens is 197 g/mol. The molecule has 0 saturated carbocycles. The van der Waals surface area contributed by atoms with E-state index >= 15 is 0 Å². The molecule has 1 rings (SSSR count). The van der Waals surface area contributed by atoms with Gasteiger partial charge < -0.3 is 4.74 Å². The Morgan fingerprint density at radius 3 is 2.75 bits per heavy atom. The second-order valence-corrected chi connectivity index (χ2v) is 2.63. The highest BCUT2D eigenvalue weighted by molar-refractivity contribution is 6.31. The van der Waals surface area contributed by atoms with Crippen molar-refractivity contribution in [3.05, 3.63) is 28.8 Å². The number of benzene rings is 1. The highest BCUT2D eigenvalue weighted by Crippen LogP contribution is 2.21. The second-order valence-electron chi connectivity index (χ2n) is 2.01. The summed E-state index contributed by atoms with van der Waals surface area (Å²) in [5.41, 5.74) is 0.429. The predicted octanol–water partition coefficient (Wildman–Crippen LogP) is 2.79. The number of rotatable bonds is 2. The van der Waals surface area contributed by atoms with Crippen LogP contribution in [0.3, 0.4) is 0 Å². The van der Waals surface area contributed by atoms with Crippen molar-refractivity contribution < 1.29 is 4.74 Å².